The minimum absolute atomic E-state index is 0.324. The fourth-order valence-electron chi connectivity index (χ4n) is 2.35. The Labute approximate surface area is 78.1 Å². The SMILES string of the molecule is Cn1nncc1[C@@H]1[C@@H](CN)C1(C)C. The van der Waals surface area contributed by atoms with E-state index in [0.717, 1.165) is 6.54 Å². The van der Waals surface area contributed by atoms with Gasteiger partial charge in [-0.3, -0.25) is 4.68 Å². The normalized spacial score (nSPS) is 30.5. The van der Waals surface area contributed by atoms with Gasteiger partial charge in [0.1, 0.15) is 0 Å². The summed E-state index contributed by atoms with van der Waals surface area (Å²) in [7, 11) is 1.93. The van der Waals surface area contributed by atoms with Crippen LogP contribution in [0.4, 0.5) is 0 Å². The van der Waals surface area contributed by atoms with E-state index in [1.54, 1.807) is 0 Å². The van der Waals surface area contributed by atoms with Crippen molar-refractivity contribution in [2.24, 2.45) is 24.1 Å². The van der Waals surface area contributed by atoms with Crippen LogP contribution in [0.15, 0.2) is 6.20 Å². The van der Waals surface area contributed by atoms with Crippen LogP contribution < -0.4 is 5.73 Å². The zero-order chi connectivity index (χ0) is 9.64. The zero-order valence-electron chi connectivity index (χ0n) is 8.36. The number of aryl methyl sites for hydroxylation is 1. The van der Waals surface area contributed by atoms with E-state index in [2.05, 4.69) is 24.2 Å². The van der Waals surface area contributed by atoms with Gasteiger partial charge in [-0.1, -0.05) is 19.1 Å². The van der Waals surface area contributed by atoms with Gasteiger partial charge in [-0.2, -0.15) is 0 Å². The summed E-state index contributed by atoms with van der Waals surface area (Å²) in [6.07, 6.45) is 1.85. The van der Waals surface area contributed by atoms with Crippen molar-refractivity contribution in [1.29, 1.82) is 0 Å². The average Bonchev–Trinajstić information content (AvgIpc) is 2.41. The highest BCUT2D eigenvalue weighted by Gasteiger charge is 2.58. The van der Waals surface area contributed by atoms with Crippen LogP contribution >= 0.6 is 0 Å². The molecule has 0 radical (unpaired) electrons. The molecule has 0 unspecified atom stereocenters. The topological polar surface area (TPSA) is 56.7 Å². The van der Waals surface area contributed by atoms with Crippen molar-refractivity contribution < 1.29 is 0 Å². The third-order valence-corrected chi connectivity index (χ3v) is 3.37. The van der Waals surface area contributed by atoms with Crippen LogP contribution in [0.25, 0.3) is 0 Å². The lowest BCUT2D eigenvalue weighted by Crippen LogP contribution is -2.05. The van der Waals surface area contributed by atoms with Crippen LogP contribution in [-0.2, 0) is 7.05 Å². The quantitative estimate of drug-likeness (QED) is 0.721. The van der Waals surface area contributed by atoms with E-state index >= 15 is 0 Å². The number of hydrogen-bond acceptors (Lipinski definition) is 3. The molecular formula is C9H16N4. The summed E-state index contributed by atoms with van der Waals surface area (Å²) in [5.41, 5.74) is 7.24. The van der Waals surface area contributed by atoms with Gasteiger partial charge in [0.05, 0.1) is 11.9 Å². The minimum Gasteiger partial charge on any atom is -0.330 e. The molecule has 0 aliphatic heterocycles. The molecule has 2 atom stereocenters. The van der Waals surface area contributed by atoms with E-state index in [4.69, 9.17) is 5.73 Å². The Morgan fingerprint density at radius 2 is 2.31 bits per heavy atom. The van der Waals surface area contributed by atoms with Crippen molar-refractivity contribution in [2.45, 2.75) is 19.8 Å². The van der Waals surface area contributed by atoms with Gasteiger partial charge in [0.15, 0.2) is 0 Å². The Bertz CT molecular complexity index is 315. The molecule has 0 spiro atoms. The Balaban J connectivity index is 2.26. The summed E-state index contributed by atoms with van der Waals surface area (Å²) in [6, 6.07) is 0. The summed E-state index contributed by atoms with van der Waals surface area (Å²) in [5, 5.41) is 7.83. The molecule has 4 nitrogen and oxygen atoms in total. The highest BCUT2D eigenvalue weighted by molar-refractivity contribution is 5.24. The smallest absolute Gasteiger partial charge is 0.0728 e. The maximum atomic E-state index is 5.71. The Kier molecular flexibility index (Phi) is 1.70. The first kappa shape index (κ1) is 8.69. The number of nitrogens with two attached hydrogens (primary N) is 1. The lowest BCUT2D eigenvalue weighted by atomic mass is 10.1. The molecule has 1 aromatic rings. The van der Waals surface area contributed by atoms with Crippen molar-refractivity contribution in [1.82, 2.24) is 15.0 Å². The molecule has 4 heteroatoms. The number of rotatable bonds is 2. The van der Waals surface area contributed by atoms with Crippen molar-refractivity contribution in [3.05, 3.63) is 11.9 Å². The Hall–Kier alpha value is -0.900. The molecule has 0 aromatic carbocycles. The van der Waals surface area contributed by atoms with Crippen LogP contribution in [0, 0.1) is 11.3 Å². The van der Waals surface area contributed by atoms with Gasteiger partial charge in [0.25, 0.3) is 0 Å². The van der Waals surface area contributed by atoms with Gasteiger partial charge in [0, 0.05) is 13.0 Å². The lowest BCUT2D eigenvalue weighted by molar-refractivity contribution is 0.552. The molecule has 1 heterocycles. The standard InChI is InChI=1S/C9H16N4/c1-9(2)6(4-10)8(9)7-5-11-12-13(7)3/h5-6,8H,4,10H2,1-3H3/t6-,8+/m1/s1. The molecule has 1 aliphatic carbocycles. The molecular weight excluding hydrogens is 164 g/mol. The van der Waals surface area contributed by atoms with Crippen molar-refractivity contribution in [3.8, 4) is 0 Å². The van der Waals surface area contributed by atoms with Gasteiger partial charge in [-0.25, -0.2) is 0 Å². The second-order valence-electron chi connectivity index (χ2n) is 4.42. The van der Waals surface area contributed by atoms with Gasteiger partial charge >= 0.3 is 0 Å². The third kappa shape index (κ3) is 1.09. The molecule has 0 amide bonds. The summed E-state index contributed by atoms with van der Waals surface area (Å²) >= 11 is 0. The summed E-state index contributed by atoms with van der Waals surface area (Å²) in [6.45, 7) is 5.26. The highest BCUT2D eigenvalue weighted by atomic mass is 15.4. The number of hydrogen-bond donors (Lipinski definition) is 1. The first-order valence-corrected chi connectivity index (χ1v) is 4.63. The second-order valence-corrected chi connectivity index (χ2v) is 4.42. The Morgan fingerprint density at radius 1 is 1.62 bits per heavy atom. The number of aromatic nitrogens is 3. The monoisotopic (exact) mass is 180 g/mol. The zero-order valence-corrected chi connectivity index (χ0v) is 8.36. The van der Waals surface area contributed by atoms with Gasteiger partial charge in [-0.05, 0) is 17.9 Å². The summed E-state index contributed by atoms with van der Waals surface area (Å²) in [4.78, 5) is 0. The largest absolute Gasteiger partial charge is 0.330 e. The molecule has 0 bridgehead atoms. The first-order chi connectivity index (χ1) is 6.09. The highest BCUT2D eigenvalue weighted by Crippen LogP contribution is 2.63. The van der Waals surface area contributed by atoms with Crippen molar-refractivity contribution >= 4 is 0 Å². The van der Waals surface area contributed by atoms with Crippen LogP contribution in [0.5, 0.6) is 0 Å². The molecule has 13 heavy (non-hydrogen) atoms. The Morgan fingerprint density at radius 3 is 2.69 bits per heavy atom. The predicted molar refractivity (Wildman–Crippen MR) is 50.1 cm³/mol. The van der Waals surface area contributed by atoms with Gasteiger partial charge < -0.3 is 5.73 Å². The van der Waals surface area contributed by atoms with Gasteiger partial charge in [0.2, 0.25) is 0 Å². The van der Waals surface area contributed by atoms with Crippen molar-refractivity contribution in [2.75, 3.05) is 6.54 Å². The van der Waals surface area contributed by atoms with E-state index in [1.807, 2.05) is 17.9 Å². The molecule has 1 fully saturated rings. The third-order valence-electron chi connectivity index (χ3n) is 3.37. The maximum Gasteiger partial charge on any atom is 0.0728 e. The minimum atomic E-state index is 0.324. The van der Waals surface area contributed by atoms with Crippen molar-refractivity contribution in [3.63, 3.8) is 0 Å². The van der Waals surface area contributed by atoms with Crippen LogP contribution in [0.3, 0.4) is 0 Å². The van der Waals surface area contributed by atoms with Crippen LogP contribution in [-0.4, -0.2) is 21.5 Å². The first-order valence-electron chi connectivity index (χ1n) is 4.63. The van der Waals surface area contributed by atoms with Gasteiger partial charge in [-0.15, -0.1) is 5.10 Å². The molecule has 2 rings (SSSR count). The van der Waals surface area contributed by atoms with E-state index in [-0.39, 0.29) is 0 Å². The lowest BCUT2D eigenvalue weighted by Gasteiger charge is -2.01. The molecule has 1 saturated carbocycles. The summed E-state index contributed by atoms with van der Waals surface area (Å²) < 4.78 is 1.85. The molecule has 0 saturated heterocycles. The average molecular weight is 180 g/mol. The second kappa shape index (κ2) is 2.54. The predicted octanol–water partition coefficient (Wildman–Crippen LogP) is 0.513. The molecule has 72 valence electrons. The maximum absolute atomic E-state index is 5.71. The van der Waals surface area contributed by atoms with Crippen LogP contribution in [0.2, 0.25) is 0 Å². The fourth-order valence-corrected chi connectivity index (χ4v) is 2.35. The van der Waals surface area contributed by atoms with Crippen LogP contribution in [0.1, 0.15) is 25.5 Å². The van der Waals surface area contributed by atoms with E-state index in [9.17, 15) is 0 Å². The fraction of sp³-hybridized carbons (Fsp3) is 0.778. The summed E-state index contributed by atoms with van der Waals surface area (Å²) in [5.74, 6) is 1.13. The van der Waals surface area contributed by atoms with E-state index in [0.29, 0.717) is 17.3 Å². The van der Waals surface area contributed by atoms with E-state index in [1.165, 1.54) is 5.69 Å². The molecule has 1 aliphatic rings. The molecule has 1 aromatic heterocycles. The molecule has 2 N–H and O–H groups in total. The number of nitrogens with zero attached hydrogens (tertiary/aromatic N) is 3. The van der Waals surface area contributed by atoms with E-state index < -0.39 is 0 Å².